The molecule has 2 rings (SSSR count). The number of hydrazone groups is 1. The largest absolute Gasteiger partial charge is 0.485 e. The molecule has 0 radical (unpaired) electrons. The van der Waals surface area contributed by atoms with Gasteiger partial charge in [-0.1, -0.05) is 26.0 Å². The van der Waals surface area contributed by atoms with E-state index in [-0.39, 0.29) is 6.10 Å². The normalized spacial score (nSPS) is 19.4. The second kappa shape index (κ2) is 7.87. The van der Waals surface area contributed by atoms with Crippen LogP contribution < -0.4 is 0 Å². The van der Waals surface area contributed by atoms with Gasteiger partial charge in [0.05, 0.1) is 11.9 Å². The van der Waals surface area contributed by atoms with Gasteiger partial charge in [0.2, 0.25) is 0 Å². The molecule has 0 aromatic carbocycles. The van der Waals surface area contributed by atoms with Gasteiger partial charge in [0.15, 0.2) is 0 Å². The molecule has 1 heterocycles. The summed E-state index contributed by atoms with van der Waals surface area (Å²) in [7, 11) is 4.02. The zero-order valence-electron chi connectivity index (χ0n) is 14.1. The van der Waals surface area contributed by atoms with Gasteiger partial charge in [0.25, 0.3) is 0 Å². The number of nitrogens with zero attached hydrogens (tertiary/aromatic N) is 3. The van der Waals surface area contributed by atoms with E-state index >= 15 is 0 Å². The molecule has 0 N–H and O–H groups in total. The highest BCUT2D eigenvalue weighted by Crippen LogP contribution is 2.16. The summed E-state index contributed by atoms with van der Waals surface area (Å²) in [4.78, 5) is 2.11. The topological polar surface area (TPSA) is 28.1 Å². The molecular weight excluding hydrogens is 274 g/mol. The average molecular weight is 301 g/mol. The third-order valence-corrected chi connectivity index (χ3v) is 3.74. The summed E-state index contributed by atoms with van der Waals surface area (Å²) in [6.45, 7) is 5.18. The first-order chi connectivity index (χ1) is 10.6. The second-order valence-corrected chi connectivity index (χ2v) is 6.09. The molecule has 1 aliphatic heterocycles. The standard InChI is InChI=1S/C18H27N3O/c1-15(2)18(22-17-10-12-20(3)13-11-17)14-19-21(4)16-8-6-5-7-9-16/h6,8-12,14-15,18H,5,7,13H2,1-4H3/b19-14-. The van der Waals surface area contributed by atoms with Crippen LogP contribution in [0.15, 0.2) is 53.1 Å². The van der Waals surface area contributed by atoms with Crippen molar-refractivity contribution in [3.05, 3.63) is 48.0 Å². The molecule has 0 saturated heterocycles. The van der Waals surface area contributed by atoms with Gasteiger partial charge < -0.3 is 9.64 Å². The van der Waals surface area contributed by atoms with Crippen molar-refractivity contribution in [1.29, 1.82) is 0 Å². The number of hydrogen-bond acceptors (Lipinski definition) is 4. The van der Waals surface area contributed by atoms with Gasteiger partial charge in [0, 0.05) is 26.8 Å². The SMILES string of the molecule is CC(C)C(/C=N\N(C)C1=CCCC=C1)OC1=CCN(C)C=C1. The molecule has 0 fully saturated rings. The third-order valence-electron chi connectivity index (χ3n) is 3.74. The van der Waals surface area contributed by atoms with Crippen LogP contribution in [0.25, 0.3) is 0 Å². The Hall–Kier alpha value is -1.97. The molecule has 4 heteroatoms. The molecule has 0 saturated carbocycles. The zero-order chi connectivity index (χ0) is 15.9. The fourth-order valence-electron chi connectivity index (χ4n) is 2.22. The molecule has 4 nitrogen and oxygen atoms in total. The van der Waals surface area contributed by atoms with Gasteiger partial charge in [-0.3, -0.25) is 5.01 Å². The van der Waals surface area contributed by atoms with Gasteiger partial charge in [-0.25, -0.2) is 0 Å². The number of ether oxygens (including phenoxy) is 1. The molecule has 0 bridgehead atoms. The van der Waals surface area contributed by atoms with Crippen LogP contribution in [0.4, 0.5) is 0 Å². The van der Waals surface area contributed by atoms with E-state index in [0.29, 0.717) is 5.92 Å². The minimum absolute atomic E-state index is 0.0325. The Morgan fingerprint density at radius 3 is 2.68 bits per heavy atom. The Labute approximate surface area is 134 Å². The van der Waals surface area contributed by atoms with Crippen LogP contribution in [0.3, 0.4) is 0 Å². The summed E-state index contributed by atoms with van der Waals surface area (Å²) in [5.41, 5.74) is 1.14. The lowest BCUT2D eigenvalue weighted by atomic mass is 10.1. The Balaban J connectivity index is 1.96. The van der Waals surface area contributed by atoms with Crippen molar-refractivity contribution in [2.24, 2.45) is 11.0 Å². The fourth-order valence-corrected chi connectivity index (χ4v) is 2.22. The van der Waals surface area contributed by atoms with Crippen LogP contribution in [-0.2, 0) is 4.74 Å². The van der Waals surface area contributed by atoms with Crippen molar-refractivity contribution in [3.8, 4) is 0 Å². The van der Waals surface area contributed by atoms with Crippen LogP contribution in [0.5, 0.6) is 0 Å². The lowest BCUT2D eigenvalue weighted by Gasteiger charge is -2.24. The van der Waals surface area contributed by atoms with E-state index in [9.17, 15) is 0 Å². The highest BCUT2D eigenvalue weighted by molar-refractivity contribution is 5.63. The van der Waals surface area contributed by atoms with E-state index in [1.807, 2.05) is 37.6 Å². The first kappa shape index (κ1) is 16.4. The van der Waals surface area contributed by atoms with E-state index in [1.165, 1.54) is 0 Å². The van der Waals surface area contributed by atoms with E-state index in [0.717, 1.165) is 30.8 Å². The Kier molecular flexibility index (Phi) is 5.87. The van der Waals surface area contributed by atoms with Crippen molar-refractivity contribution < 1.29 is 4.74 Å². The number of hydrogen-bond donors (Lipinski definition) is 0. The summed E-state index contributed by atoms with van der Waals surface area (Å²) in [6.07, 6.45) is 16.7. The van der Waals surface area contributed by atoms with Crippen LogP contribution in [-0.4, -0.2) is 42.9 Å². The van der Waals surface area contributed by atoms with Gasteiger partial charge in [0.1, 0.15) is 11.9 Å². The molecule has 0 amide bonds. The summed E-state index contributed by atoms with van der Waals surface area (Å²) in [5, 5.41) is 6.46. The highest BCUT2D eigenvalue weighted by Gasteiger charge is 2.15. The van der Waals surface area contributed by atoms with E-state index in [2.05, 4.69) is 48.2 Å². The van der Waals surface area contributed by atoms with Crippen LogP contribution in [0.2, 0.25) is 0 Å². The zero-order valence-corrected chi connectivity index (χ0v) is 14.1. The minimum atomic E-state index is -0.0325. The predicted molar refractivity (Wildman–Crippen MR) is 92.3 cm³/mol. The van der Waals surface area contributed by atoms with E-state index in [1.54, 1.807) is 0 Å². The van der Waals surface area contributed by atoms with Gasteiger partial charge >= 0.3 is 0 Å². The monoisotopic (exact) mass is 301 g/mol. The Morgan fingerprint density at radius 1 is 1.27 bits per heavy atom. The van der Waals surface area contributed by atoms with Crippen molar-refractivity contribution in [3.63, 3.8) is 0 Å². The molecule has 2 aliphatic rings. The van der Waals surface area contributed by atoms with Crippen molar-refractivity contribution in [2.45, 2.75) is 32.8 Å². The lowest BCUT2D eigenvalue weighted by Crippen LogP contribution is -2.24. The molecule has 0 spiro atoms. The molecule has 120 valence electrons. The second-order valence-electron chi connectivity index (χ2n) is 6.09. The summed E-state index contributed by atoms with van der Waals surface area (Å²) in [5.74, 6) is 1.28. The quantitative estimate of drug-likeness (QED) is 0.555. The minimum Gasteiger partial charge on any atom is -0.485 e. The molecule has 0 aromatic heterocycles. The molecule has 22 heavy (non-hydrogen) atoms. The maximum absolute atomic E-state index is 6.07. The lowest BCUT2D eigenvalue weighted by molar-refractivity contribution is 0.140. The Morgan fingerprint density at radius 2 is 2.09 bits per heavy atom. The molecule has 1 unspecified atom stereocenters. The maximum Gasteiger partial charge on any atom is 0.138 e. The number of likely N-dealkylation sites (N-methyl/N-ethyl adjacent to an activating group) is 2. The predicted octanol–water partition coefficient (Wildman–Crippen LogP) is 3.52. The average Bonchev–Trinajstić information content (AvgIpc) is 2.53. The summed E-state index contributed by atoms with van der Waals surface area (Å²) >= 11 is 0. The number of rotatable bonds is 6. The fraction of sp³-hybridized carbons (Fsp3) is 0.500. The van der Waals surface area contributed by atoms with E-state index in [4.69, 9.17) is 4.74 Å². The van der Waals surface area contributed by atoms with E-state index < -0.39 is 0 Å². The number of allylic oxidation sites excluding steroid dienone is 4. The van der Waals surface area contributed by atoms with Gasteiger partial charge in [-0.05, 0) is 37.0 Å². The van der Waals surface area contributed by atoms with Crippen molar-refractivity contribution >= 4 is 6.21 Å². The molecule has 1 atom stereocenters. The third kappa shape index (κ3) is 4.79. The van der Waals surface area contributed by atoms with Crippen molar-refractivity contribution in [1.82, 2.24) is 9.91 Å². The molecule has 0 aromatic rings. The van der Waals surface area contributed by atoms with Gasteiger partial charge in [-0.15, -0.1) is 0 Å². The van der Waals surface area contributed by atoms with Gasteiger partial charge in [-0.2, -0.15) is 5.10 Å². The molecular formula is C18H27N3O. The van der Waals surface area contributed by atoms with Crippen LogP contribution >= 0.6 is 0 Å². The molecule has 1 aliphatic carbocycles. The first-order valence-corrected chi connectivity index (χ1v) is 7.96. The van der Waals surface area contributed by atoms with Crippen molar-refractivity contribution in [2.75, 3.05) is 20.6 Å². The van der Waals surface area contributed by atoms with Crippen LogP contribution in [0, 0.1) is 5.92 Å². The van der Waals surface area contributed by atoms with Crippen LogP contribution in [0.1, 0.15) is 26.7 Å². The summed E-state index contributed by atoms with van der Waals surface area (Å²) < 4.78 is 6.07. The maximum atomic E-state index is 6.07. The highest BCUT2D eigenvalue weighted by atomic mass is 16.5. The first-order valence-electron chi connectivity index (χ1n) is 7.96. The smallest absolute Gasteiger partial charge is 0.138 e. The Bertz CT molecular complexity index is 514. The summed E-state index contributed by atoms with van der Waals surface area (Å²) in [6, 6.07) is 0.